The van der Waals surface area contributed by atoms with E-state index in [2.05, 4.69) is 0 Å². The Bertz CT molecular complexity index is 402. The van der Waals surface area contributed by atoms with Gasteiger partial charge in [0, 0.05) is 11.6 Å². The molecule has 0 radical (unpaired) electrons. The molecule has 0 aliphatic carbocycles. The first kappa shape index (κ1) is 10.9. The summed E-state index contributed by atoms with van der Waals surface area (Å²) in [5.74, 6) is -1.18. The van der Waals surface area contributed by atoms with Crippen molar-refractivity contribution >= 4 is 11.8 Å². The molecule has 0 heterocycles. The van der Waals surface area contributed by atoms with Crippen LogP contribution in [0.1, 0.15) is 10.4 Å². The van der Waals surface area contributed by atoms with E-state index in [4.69, 9.17) is 5.11 Å². The third-order valence-corrected chi connectivity index (χ3v) is 1.66. The first-order chi connectivity index (χ1) is 7.20. The highest BCUT2D eigenvalue weighted by Crippen LogP contribution is 2.00. The fourth-order valence-corrected chi connectivity index (χ4v) is 0.979. The smallest absolute Gasteiger partial charge is 0.328 e. The Labute approximate surface area is 87.4 Å². The van der Waals surface area contributed by atoms with Crippen LogP contribution in [-0.4, -0.2) is 16.9 Å². The molecule has 1 aromatic rings. The van der Waals surface area contributed by atoms with E-state index >= 15 is 0 Å². The van der Waals surface area contributed by atoms with Gasteiger partial charge in [-0.1, -0.05) is 42.5 Å². The van der Waals surface area contributed by atoms with Crippen LogP contribution in [0.2, 0.25) is 0 Å². The first-order valence-corrected chi connectivity index (χ1v) is 4.37. The van der Waals surface area contributed by atoms with Gasteiger partial charge in [-0.2, -0.15) is 0 Å². The van der Waals surface area contributed by atoms with Crippen molar-refractivity contribution in [3.05, 3.63) is 60.2 Å². The van der Waals surface area contributed by atoms with Crippen molar-refractivity contribution in [2.24, 2.45) is 0 Å². The van der Waals surface area contributed by atoms with Gasteiger partial charge in [-0.3, -0.25) is 4.79 Å². The number of hydrogen-bond donors (Lipinski definition) is 1. The van der Waals surface area contributed by atoms with Crippen molar-refractivity contribution in [1.82, 2.24) is 0 Å². The van der Waals surface area contributed by atoms with Gasteiger partial charge in [0.1, 0.15) is 0 Å². The molecule has 0 atom stereocenters. The summed E-state index contributed by atoms with van der Waals surface area (Å²) in [6.45, 7) is 0. The summed E-state index contributed by atoms with van der Waals surface area (Å²) in [5, 5.41) is 8.29. The molecule has 1 N–H and O–H groups in total. The van der Waals surface area contributed by atoms with Crippen molar-refractivity contribution < 1.29 is 14.7 Å². The monoisotopic (exact) mass is 202 g/mol. The molecule has 0 bridgehead atoms. The lowest BCUT2D eigenvalue weighted by Crippen LogP contribution is -1.92. The van der Waals surface area contributed by atoms with Crippen LogP contribution in [0.3, 0.4) is 0 Å². The molecule has 0 fully saturated rings. The molecule has 1 aromatic carbocycles. The lowest BCUT2D eigenvalue weighted by atomic mass is 10.1. The third-order valence-electron chi connectivity index (χ3n) is 1.66. The molecule has 0 unspecified atom stereocenters. The largest absolute Gasteiger partial charge is 0.478 e. The fourth-order valence-electron chi connectivity index (χ4n) is 0.979. The molecular weight excluding hydrogens is 192 g/mol. The summed E-state index contributed by atoms with van der Waals surface area (Å²) in [4.78, 5) is 21.5. The van der Waals surface area contributed by atoms with Gasteiger partial charge in [0.25, 0.3) is 0 Å². The summed E-state index contributed by atoms with van der Waals surface area (Å²) in [7, 11) is 0. The Morgan fingerprint density at radius 1 is 1.00 bits per heavy atom. The predicted molar refractivity (Wildman–Crippen MR) is 56.7 cm³/mol. The highest BCUT2D eigenvalue weighted by molar-refractivity contribution is 6.04. The molecule has 0 aliphatic rings. The van der Waals surface area contributed by atoms with E-state index < -0.39 is 5.97 Å². The van der Waals surface area contributed by atoms with E-state index in [-0.39, 0.29) is 5.78 Å². The van der Waals surface area contributed by atoms with E-state index in [1.165, 1.54) is 18.2 Å². The molecule has 3 heteroatoms. The van der Waals surface area contributed by atoms with Gasteiger partial charge in [0.2, 0.25) is 0 Å². The van der Waals surface area contributed by atoms with E-state index in [9.17, 15) is 9.59 Å². The Hall–Kier alpha value is -2.16. The SMILES string of the molecule is O=C(O)/C=C\C=C\C(=O)c1ccccc1. The number of carbonyl (C=O) groups excluding carboxylic acids is 1. The van der Waals surface area contributed by atoms with Crippen LogP contribution in [-0.2, 0) is 4.79 Å². The number of benzene rings is 1. The number of allylic oxidation sites excluding steroid dienone is 3. The molecule has 1 rings (SSSR count). The molecule has 0 saturated carbocycles. The molecule has 0 amide bonds. The Balaban J connectivity index is 2.61. The van der Waals surface area contributed by atoms with Crippen LogP contribution in [0.4, 0.5) is 0 Å². The fraction of sp³-hybridized carbons (Fsp3) is 0. The zero-order chi connectivity index (χ0) is 11.1. The van der Waals surface area contributed by atoms with Gasteiger partial charge < -0.3 is 5.11 Å². The second-order valence-corrected chi connectivity index (χ2v) is 2.79. The zero-order valence-corrected chi connectivity index (χ0v) is 7.96. The maximum Gasteiger partial charge on any atom is 0.328 e. The highest BCUT2D eigenvalue weighted by atomic mass is 16.4. The average Bonchev–Trinajstić information content (AvgIpc) is 2.25. The van der Waals surface area contributed by atoms with E-state index in [0.29, 0.717) is 5.56 Å². The van der Waals surface area contributed by atoms with Gasteiger partial charge in [0.15, 0.2) is 5.78 Å². The summed E-state index contributed by atoms with van der Waals surface area (Å²) < 4.78 is 0. The lowest BCUT2D eigenvalue weighted by Gasteiger charge is -1.92. The Morgan fingerprint density at radius 3 is 2.20 bits per heavy atom. The van der Waals surface area contributed by atoms with Crippen molar-refractivity contribution in [2.45, 2.75) is 0 Å². The van der Waals surface area contributed by atoms with Crippen LogP contribution in [0.15, 0.2) is 54.6 Å². The van der Waals surface area contributed by atoms with Crippen LogP contribution >= 0.6 is 0 Å². The Morgan fingerprint density at radius 2 is 1.60 bits per heavy atom. The molecule has 0 spiro atoms. The predicted octanol–water partition coefficient (Wildman–Crippen LogP) is 2.07. The van der Waals surface area contributed by atoms with Gasteiger partial charge in [-0.15, -0.1) is 0 Å². The molecule has 3 nitrogen and oxygen atoms in total. The number of carboxylic acids is 1. The standard InChI is InChI=1S/C12H10O3/c13-11(8-4-5-9-12(14)15)10-6-2-1-3-7-10/h1-9H,(H,14,15)/b8-4+,9-5-. The van der Waals surface area contributed by atoms with Crippen molar-refractivity contribution in [3.8, 4) is 0 Å². The maximum absolute atomic E-state index is 11.4. The minimum atomic E-state index is -1.04. The first-order valence-electron chi connectivity index (χ1n) is 4.37. The minimum absolute atomic E-state index is 0.148. The number of carbonyl (C=O) groups is 2. The highest BCUT2D eigenvalue weighted by Gasteiger charge is 1.97. The number of aliphatic carboxylic acids is 1. The summed E-state index contributed by atoms with van der Waals surface area (Å²) in [5.41, 5.74) is 0.581. The zero-order valence-electron chi connectivity index (χ0n) is 7.96. The van der Waals surface area contributed by atoms with E-state index in [1.807, 2.05) is 6.07 Å². The average molecular weight is 202 g/mol. The van der Waals surface area contributed by atoms with Gasteiger partial charge in [-0.05, 0) is 6.08 Å². The van der Waals surface area contributed by atoms with Crippen LogP contribution in [0.25, 0.3) is 0 Å². The van der Waals surface area contributed by atoms with Gasteiger partial charge in [-0.25, -0.2) is 4.79 Å². The van der Waals surface area contributed by atoms with Gasteiger partial charge in [0.05, 0.1) is 0 Å². The topological polar surface area (TPSA) is 54.4 Å². The third kappa shape index (κ3) is 4.04. The minimum Gasteiger partial charge on any atom is -0.478 e. The summed E-state index contributed by atoms with van der Waals surface area (Å²) in [6.07, 6.45) is 5.01. The number of hydrogen-bond acceptors (Lipinski definition) is 2. The van der Waals surface area contributed by atoms with Crippen molar-refractivity contribution in [2.75, 3.05) is 0 Å². The maximum atomic E-state index is 11.4. The second-order valence-electron chi connectivity index (χ2n) is 2.79. The number of ketones is 1. The van der Waals surface area contributed by atoms with E-state index in [1.54, 1.807) is 24.3 Å². The van der Waals surface area contributed by atoms with Crippen LogP contribution < -0.4 is 0 Å². The molecular formula is C12H10O3. The van der Waals surface area contributed by atoms with E-state index in [0.717, 1.165) is 6.08 Å². The summed E-state index contributed by atoms with van der Waals surface area (Å²) in [6, 6.07) is 8.77. The lowest BCUT2D eigenvalue weighted by molar-refractivity contribution is -0.131. The number of carboxylic acid groups (broad SMARTS) is 1. The Kier molecular flexibility index (Phi) is 4.04. The molecule has 76 valence electrons. The second kappa shape index (κ2) is 5.54. The van der Waals surface area contributed by atoms with Crippen molar-refractivity contribution in [1.29, 1.82) is 0 Å². The summed E-state index contributed by atoms with van der Waals surface area (Å²) >= 11 is 0. The molecule has 15 heavy (non-hydrogen) atoms. The quantitative estimate of drug-likeness (QED) is 0.462. The van der Waals surface area contributed by atoms with Crippen molar-refractivity contribution in [3.63, 3.8) is 0 Å². The van der Waals surface area contributed by atoms with Gasteiger partial charge >= 0.3 is 5.97 Å². The van der Waals surface area contributed by atoms with Crippen LogP contribution in [0.5, 0.6) is 0 Å². The molecule has 0 aromatic heterocycles. The number of rotatable bonds is 4. The van der Waals surface area contributed by atoms with Crippen LogP contribution in [0, 0.1) is 0 Å². The molecule has 0 saturated heterocycles. The normalized spacial score (nSPS) is 10.9. The molecule has 0 aliphatic heterocycles.